The minimum atomic E-state index is -1.68. The first-order valence-electron chi connectivity index (χ1n) is 20.0. The third kappa shape index (κ3) is 14.7. The topological polar surface area (TPSA) is 254 Å². The Morgan fingerprint density at radius 3 is 2.13 bits per heavy atom. The van der Waals surface area contributed by atoms with Crippen LogP contribution in [-0.2, 0) is 41.6 Å². The number of H-pyrrole nitrogens is 1. The summed E-state index contributed by atoms with van der Waals surface area (Å²) in [4.78, 5) is 96.8. The fraction of sp³-hybridized carbons (Fsp3) is 0.386. The van der Waals surface area contributed by atoms with Crippen LogP contribution in [-0.4, -0.2) is 100 Å². The first kappa shape index (κ1) is 46.8. The number of carbonyl (C=O) groups excluding carboxylic acids is 6. The third-order valence-corrected chi connectivity index (χ3v) is 9.74. The Bertz CT molecular complexity index is 2170. The number of primary amides is 1. The van der Waals surface area contributed by atoms with Crippen LogP contribution in [0.4, 0.5) is 15.3 Å². The van der Waals surface area contributed by atoms with Crippen molar-refractivity contribution in [3.05, 3.63) is 102 Å². The zero-order valence-electron chi connectivity index (χ0n) is 35.1. The predicted octanol–water partition coefficient (Wildman–Crippen LogP) is 3.90. The van der Waals surface area contributed by atoms with Crippen molar-refractivity contribution in [1.82, 2.24) is 31.2 Å². The zero-order valence-corrected chi connectivity index (χ0v) is 35.1. The lowest BCUT2D eigenvalue weighted by Crippen LogP contribution is -2.59. The minimum absolute atomic E-state index is 0.000649. The molecule has 4 aromatic rings. The molecule has 61 heavy (non-hydrogen) atoms. The summed E-state index contributed by atoms with van der Waals surface area (Å²) in [5.74, 6) is -4.82. The number of likely N-dealkylation sites (N-methyl/N-ethyl adjacent to an activating group) is 1. The summed E-state index contributed by atoms with van der Waals surface area (Å²) in [6, 6.07) is 17.5. The molecule has 0 spiro atoms. The van der Waals surface area contributed by atoms with E-state index < -0.39 is 77.9 Å². The van der Waals surface area contributed by atoms with E-state index in [1.54, 1.807) is 69.4 Å². The van der Waals surface area contributed by atoms with Crippen LogP contribution < -0.4 is 32.3 Å². The maximum absolute atomic E-state index is 14.5. The highest BCUT2D eigenvalue weighted by Gasteiger charge is 2.36. The molecule has 1 aromatic heterocycles. The van der Waals surface area contributed by atoms with E-state index in [1.807, 2.05) is 43.3 Å². The van der Waals surface area contributed by atoms with E-state index in [1.165, 1.54) is 7.05 Å². The second-order valence-electron chi connectivity index (χ2n) is 15.7. The van der Waals surface area contributed by atoms with Gasteiger partial charge in [-0.3, -0.25) is 24.0 Å². The molecule has 17 heteroatoms. The normalized spacial score (nSPS) is 13.1. The molecule has 1 heterocycles. The Hall–Kier alpha value is -6.91. The average molecular weight is 841 g/mol. The van der Waals surface area contributed by atoms with E-state index in [0.29, 0.717) is 23.2 Å². The molecule has 9 N–H and O–H groups in total. The van der Waals surface area contributed by atoms with E-state index in [-0.39, 0.29) is 32.2 Å². The number of anilines is 1. The number of carbonyl (C=O) groups is 7. The molecule has 0 aliphatic carbocycles. The predicted molar refractivity (Wildman–Crippen MR) is 229 cm³/mol. The monoisotopic (exact) mass is 840 g/mol. The first-order valence-corrected chi connectivity index (χ1v) is 20.0. The molecule has 3 aromatic carbocycles. The first-order chi connectivity index (χ1) is 28.9. The molecule has 0 unspecified atom stereocenters. The van der Waals surface area contributed by atoms with Crippen LogP contribution in [0.3, 0.4) is 0 Å². The molecule has 326 valence electrons. The molecule has 4 rings (SSSR count). The number of fused-ring (bicyclic) bond motifs is 1. The van der Waals surface area contributed by atoms with Gasteiger partial charge in [0.05, 0.1) is 6.42 Å². The van der Waals surface area contributed by atoms with Gasteiger partial charge in [0, 0.05) is 49.2 Å². The van der Waals surface area contributed by atoms with Crippen LogP contribution in [0.1, 0.15) is 63.1 Å². The molecule has 0 aliphatic rings. The summed E-state index contributed by atoms with van der Waals surface area (Å²) in [5.41, 5.74) is 8.40. The number of nitrogens with zero attached hydrogens (tertiary/aromatic N) is 1. The average Bonchev–Trinajstić information content (AvgIpc) is 3.60. The van der Waals surface area contributed by atoms with Crippen molar-refractivity contribution in [1.29, 1.82) is 0 Å². The number of aromatic nitrogens is 1. The number of hydrogen-bond donors (Lipinski definition) is 8. The summed E-state index contributed by atoms with van der Waals surface area (Å²) in [6.07, 6.45) is 0.649. The number of para-hydroxylation sites is 2. The van der Waals surface area contributed by atoms with Crippen molar-refractivity contribution < 1.29 is 43.4 Å². The number of aliphatic carboxylic acids is 1. The van der Waals surface area contributed by atoms with E-state index in [0.717, 1.165) is 21.4 Å². The number of carboxylic acid groups (broad SMARTS) is 1. The third-order valence-electron chi connectivity index (χ3n) is 9.74. The van der Waals surface area contributed by atoms with Crippen molar-refractivity contribution in [2.45, 2.75) is 96.0 Å². The molecule has 0 fully saturated rings. The number of unbranched alkanes of at least 4 members (excludes halogenated alkanes) is 1. The number of aryl methyl sites for hydroxylation is 1. The number of nitrogens with two attached hydrogens (primary N) is 1. The highest BCUT2D eigenvalue weighted by molar-refractivity contribution is 5.97. The Kier molecular flexibility index (Phi) is 16.8. The number of aromatic amines is 1. The summed E-state index contributed by atoms with van der Waals surface area (Å²) in [6.45, 7) is 7.08. The maximum atomic E-state index is 14.5. The largest absolute Gasteiger partial charge is 0.481 e. The summed E-state index contributed by atoms with van der Waals surface area (Å²) in [5, 5.41) is 23.8. The van der Waals surface area contributed by atoms with Gasteiger partial charge < -0.3 is 52.0 Å². The van der Waals surface area contributed by atoms with Gasteiger partial charge in [-0.05, 0) is 75.8 Å². The highest BCUT2D eigenvalue weighted by Crippen LogP contribution is 2.21. The molecule has 0 aliphatic heterocycles. The number of amides is 7. The quantitative estimate of drug-likeness (QED) is 0.0600. The van der Waals surface area contributed by atoms with Gasteiger partial charge in [-0.15, -0.1) is 0 Å². The highest BCUT2D eigenvalue weighted by atomic mass is 16.6. The van der Waals surface area contributed by atoms with Crippen LogP contribution in [0.2, 0.25) is 0 Å². The Morgan fingerprint density at radius 2 is 1.46 bits per heavy atom. The number of nitrogens with one attached hydrogen (secondary N) is 6. The molecule has 0 bridgehead atoms. The van der Waals surface area contributed by atoms with Crippen LogP contribution in [0.15, 0.2) is 85.1 Å². The second-order valence-corrected chi connectivity index (χ2v) is 15.7. The minimum Gasteiger partial charge on any atom is -0.481 e. The van der Waals surface area contributed by atoms with Crippen molar-refractivity contribution >= 4 is 58.3 Å². The Balaban J connectivity index is 1.58. The van der Waals surface area contributed by atoms with Gasteiger partial charge in [0.2, 0.25) is 23.6 Å². The fourth-order valence-corrected chi connectivity index (χ4v) is 6.61. The Morgan fingerprint density at radius 1 is 0.803 bits per heavy atom. The van der Waals surface area contributed by atoms with E-state index in [2.05, 4.69) is 31.6 Å². The lowest BCUT2D eigenvalue weighted by atomic mass is 10.0. The van der Waals surface area contributed by atoms with E-state index >= 15 is 0 Å². The molecule has 4 atom stereocenters. The summed E-state index contributed by atoms with van der Waals surface area (Å²) >= 11 is 0. The van der Waals surface area contributed by atoms with Gasteiger partial charge >= 0.3 is 18.1 Å². The number of rotatable bonds is 20. The number of carboxylic acids is 1. The van der Waals surface area contributed by atoms with Crippen molar-refractivity contribution in [2.24, 2.45) is 5.73 Å². The number of hydrogen-bond acceptors (Lipinski definition) is 8. The number of alkyl carbamates (subject to hydrolysis) is 1. The zero-order chi connectivity index (χ0) is 44.7. The van der Waals surface area contributed by atoms with Crippen molar-refractivity contribution in [3.8, 4) is 0 Å². The number of benzene rings is 3. The van der Waals surface area contributed by atoms with Gasteiger partial charge in [0.1, 0.15) is 29.8 Å². The van der Waals surface area contributed by atoms with Gasteiger partial charge in [0.15, 0.2) is 0 Å². The van der Waals surface area contributed by atoms with Gasteiger partial charge in [0.25, 0.3) is 0 Å². The summed E-state index contributed by atoms with van der Waals surface area (Å²) < 4.78 is 5.49. The maximum Gasteiger partial charge on any atom is 0.408 e. The second kappa shape index (κ2) is 21.9. The molecule has 7 amide bonds. The van der Waals surface area contributed by atoms with Crippen LogP contribution in [0.5, 0.6) is 0 Å². The van der Waals surface area contributed by atoms with Gasteiger partial charge in [-0.25, -0.2) is 9.59 Å². The standard InChI is InChI=1S/C44H56N8O9/c1-27-15-9-11-19-31(27)50-42(59)46-22-14-13-21-36(40(57)49-34(25-37(53)54)39(56)48-33(38(45)55)23-28-16-7-6-8-17-28)52(5)41(58)35(51-43(60)61-44(2,3)4)24-29-26-47-32-20-12-10-18-30(29)32/h6-12,15-20,26,33-36,47H,13-14,21-25H2,1-5H3,(H2,45,55)(H,48,56)(H,49,57)(H,51,60)(H,53,54)(H2,46,50,59)/t33-,34-,35-,36-/m0/s1. The van der Waals surface area contributed by atoms with Crippen molar-refractivity contribution in [2.75, 3.05) is 18.9 Å². The molecular formula is C44H56N8O9. The lowest BCUT2D eigenvalue weighted by molar-refractivity contribution is -0.144. The van der Waals surface area contributed by atoms with Gasteiger partial charge in [-0.1, -0.05) is 66.7 Å². The van der Waals surface area contributed by atoms with Crippen LogP contribution in [0.25, 0.3) is 10.9 Å². The fourth-order valence-electron chi connectivity index (χ4n) is 6.61. The molecular weight excluding hydrogens is 785 g/mol. The number of urea groups is 1. The van der Waals surface area contributed by atoms with Crippen LogP contribution in [0, 0.1) is 6.92 Å². The van der Waals surface area contributed by atoms with Crippen molar-refractivity contribution in [3.63, 3.8) is 0 Å². The summed E-state index contributed by atoms with van der Waals surface area (Å²) in [7, 11) is 1.37. The smallest absolute Gasteiger partial charge is 0.408 e. The molecule has 0 saturated carbocycles. The van der Waals surface area contributed by atoms with E-state index in [9.17, 15) is 38.7 Å². The molecule has 0 saturated heterocycles. The molecule has 17 nitrogen and oxygen atoms in total. The Labute approximate surface area is 354 Å². The van der Waals surface area contributed by atoms with Crippen LogP contribution >= 0.6 is 0 Å². The number of ether oxygens (including phenoxy) is 1. The lowest BCUT2D eigenvalue weighted by Gasteiger charge is -2.32. The van der Waals surface area contributed by atoms with Gasteiger partial charge in [-0.2, -0.15) is 0 Å². The van der Waals surface area contributed by atoms with E-state index in [4.69, 9.17) is 10.5 Å². The molecule has 0 radical (unpaired) electrons. The SMILES string of the molecule is Cc1ccccc1NC(=O)NCCCC[C@@H](C(=O)N[C@@H](CC(=O)O)C(=O)N[C@@H](Cc1ccccc1)C(N)=O)N(C)C(=O)[C@H](Cc1c[nH]c2ccccc12)NC(=O)OC(C)(C)C.